The Bertz CT molecular complexity index is 439. The Hall–Kier alpha value is -0.918. The van der Waals surface area contributed by atoms with E-state index in [1.165, 1.54) is 11.3 Å². The molecule has 1 aliphatic rings. The number of nitrogens with zero attached hydrogens (tertiary/aromatic N) is 1. The van der Waals surface area contributed by atoms with E-state index < -0.39 is 0 Å². The van der Waals surface area contributed by atoms with E-state index in [4.69, 9.17) is 9.47 Å². The number of rotatable bonds is 5. The van der Waals surface area contributed by atoms with Gasteiger partial charge in [-0.15, -0.1) is 0 Å². The fraction of sp³-hybridized carbons (Fsp3) is 0.400. The minimum absolute atomic E-state index is 0.671. The second-order valence-corrected chi connectivity index (χ2v) is 4.88. The Morgan fingerprint density at radius 2 is 2.00 bits per heavy atom. The minimum atomic E-state index is 0.671. The van der Waals surface area contributed by atoms with Crippen LogP contribution in [0.5, 0.6) is 0 Å². The molecule has 19 heavy (non-hydrogen) atoms. The summed E-state index contributed by atoms with van der Waals surface area (Å²) in [7, 11) is 0. The summed E-state index contributed by atoms with van der Waals surface area (Å²) >= 11 is 2.98. The fourth-order valence-electron chi connectivity index (χ4n) is 2.07. The van der Waals surface area contributed by atoms with E-state index in [9.17, 15) is 0 Å². The van der Waals surface area contributed by atoms with Crippen LogP contribution >= 0.6 is 0 Å². The molecular weight excluding hydrogens is 278 g/mol. The van der Waals surface area contributed by atoms with Crippen LogP contribution in [0.2, 0.25) is 0 Å². The van der Waals surface area contributed by atoms with Gasteiger partial charge in [0.15, 0.2) is 0 Å². The molecule has 1 saturated heterocycles. The topological polar surface area (TPSA) is 21.7 Å². The van der Waals surface area contributed by atoms with E-state index in [1.807, 2.05) is 13.0 Å². The monoisotopic (exact) mass is 297 g/mol. The molecule has 1 aromatic rings. The Morgan fingerprint density at radius 3 is 2.63 bits per heavy atom. The zero-order valence-corrected chi connectivity index (χ0v) is 12.4. The van der Waals surface area contributed by atoms with Gasteiger partial charge in [0, 0.05) is 0 Å². The molecule has 1 fully saturated rings. The van der Waals surface area contributed by atoms with Gasteiger partial charge >= 0.3 is 122 Å². The van der Waals surface area contributed by atoms with Crippen molar-refractivity contribution in [3.63, 3.8) is 0 Å². The third-order valence-electron chi connectivity index (χ3n) is 2.96. The Kier molecular flexibility index (Phi) is 5.81. The van der Waals surface area contributed by atoms with Gasteiger partial charge in [0.05, 0.1) is 0 Å². The predicted molar refractivity (Wildman–Crippen MR) is 73.4 cm³/mol. The van der Waals surface area contributed by atoms with E-state index in [0.717, 1.165) is 30.9 Å². The first-order valence-corrected chi connectivity index (χ1v) is 7.21. The molecule has 1 aromatic carbocycles. The maximum absolute atomic E-state index is 5.51. The van der Waals surface area contributed by atoms with Gasteiger partial charge in [-0.25, -0.2) is 0 Å². The Labute approximate surface area is 122 Å². The van der Waals surface area contributed by atoms with Gasteiger partial charge < -0.3 is 0 Å². The van der Waals surface area contributed by atoms with E-state index >= 15 is 0 Å². The summed E-state index contributed by atoms with van der Waals surface area (Å²) in [5, 5.41) is 0. The summed E-state index contributed by atoms with van der Waals surface area (Å²) in [6.07, 6.45) is 2.07. The number of benzene rings is 1. The van der Waals surface area contributed by atoms with E-state index in [0.29, 0.717) is 6.61 Å². The molecule has 0 bridgehead atoms. The molecule has 1 aliphatic heterocycles. The van der Waals surface area contributed by atoms with Crippen molar-refractivity contribution in [2.75, 3.05) is 32.9 Å². The van der Waals surface area contributed by atoms with E-state index in [1.54, 1.807) is 0 Å². The summed E-state index contributed by atoms with van der Waals surface area (Å²) in [5.41, 5.74) is 2.39. The fourth-order valence-corrected chi connectivity index (χ4v) is 2.42. The maximum atomic E-state index is 5.51. The first kappa shape index (κ1) is 14.5. The number of ether oxygens (including phenoxy) is 2. The molecule has 0 atom stereocenters. The van der Waals surface area contributed by atoms with Crippen LogP contribution < -0.4 is 0 Å². The molecule has 0 aromatic heterocycles. The molecule has 0 spiro atoms. The average Bonchev–Trinajstić information content (AvgIpc) is 2.47. The Balaban J connectivity index is 2.24. The molecule has 0 unspecified atom stereocenters. The molecule has 0 aliphatic carbocycles. The van der Waals surface area contributed by atoms with Gasteiger partial charge in [-0.2, -0.15) is 0 Å². The molecule has 2 rings (SSSR count). The molecular formula is C15H19CrNO2. The van der Waals surface area contributed by atoms with Crippen LogP contribution in [0.1, 0.15) is 12.5 Å². The van der Waals surface area contributed by atoms with Crippen LogP contribution in [0, 0.1) is 0 Å². The van der Waals surface area contributed by atoms with Crippen molar-refractivity contribution >= 4 is 10.3 Å². The summed E-state index contributed by atoms with van der Waals surface area (Å²) in [6.45, 7) is 6.05. The first-order valence-electron chi connectivity index (χ1n) is 6.58. The van der Waals surface area contributed by atoms with E-state index in [-0.39, 0.29) is 0 Å². The van der Waals surface area contributed by atoms with Crippen LogP contribution in [-0.2, 0) is 25.3 Å². The van der Waals surface area contributed by atoms with Crippen LogP contribution in [-0.4, -0.2) is 42.4 Å². The molecule has 0 N–H and O–H groups in total. The second-order valence-electron chi connectivity index (χ2n) is 4.25. The predicted octanol–water partition coefficient (Wildman–Crippen LogP) is 2.07. The normalized spacial score (nSPS) is 16.5. The van der Waals surface area contributed by atoms with Crippen LogP contribution in [0.3, 0.4) is 0 Å². The summed E-state index contributed by atoms with van der Waals surface area (Å²) in [6, 6.07) is 10.4. The quantitative estimate of drug-likeness (QED) is 0.830. The average molecular weight is 297 g/mol. The van der Waals surface area contributed by atoms with Gasteiger partial charge in [-0.05, 0) is 0 Å². The van der Waals surface area contributed by atoms with Crippen molar-refractivity contribution in [3.8, 4) is 0 Å². The third kappa shape index (κ3) is 4.29. The van der Waals surface area contributed by atoms with Crippen molar-refractivity contribution in [2.45, 2.75) is 6.92 Å². The van der Waals surface area contributed by atoms with E-state index in [2.05, 4.69) is 51.1 Å². The molecule has 102 valence electrons. The molecule has 4 heteroatoms. The number of hydrogen-bond acceptors (Lipinski definition) is 3. The van der Waals surface area contributed by atoms with Gasteiger partial charge in [-0.3, -0.25) is 0 Å². The van der Waals surface area contributed by atoms with Crippen LogP contribution in [0.4, 0.5) is 0 Å². The van der Waals surface area contributed by atoms with Crippen molar-refractivity contribution < 1.29 is 25.3 Å². The number of morpholine rings is 1. The standard InChI is InChI=1S/C15H19NO2.Cr/c1-2-17-11-8-15(14-6-4-3-5-7-14)16-9-12-18-13-10-16;/h3-8H,2,9-10,12-13H2,1H3;/b15-8+;. The summed E-state index contributed by atoms with van der Waals surface area (Å²) in [5.74, 6) is 0. The molecule has 0 saturated carbocycles. The molecule has 0 radical (unpaired) electrons. The van der Waals surface area contributed by atoms with Gasteiger partial charge in [-0.1, -0.05) is 0 Å². The SMILES string of the molecule is CCO[C](=[Cr])/C=C(\c1ccccc1)N1CCOCC1. The molecule has 0 amide bonds. The third-order valence-corrected chi connectivity index (χ3v) is 3.33. The Morgan fingerprint density at radius 1 is 1.32 bits per heavy atom. The van der Waals surface area contributed by atoms with Gasteiger partial charge in [0.2, 0.25) is 0 Å². The van der Waals surface area contributed by atoms with Crippen molar-refractivity contribution in [3.05, 3.63) is 42.0 Å². The summed E-state index contributed by atoms with van der Waals surface area (Å²) in [4.78, 5) is 2.34. The zero-order chi connectivity index (χ0) is 13.5. The van der Waals surface area contributed by atoms with Crippen molar-refractivity contribution in [2.24, 2.45) is 0 Å². The number of hydrogen-bond donors (Lipinski definition) is 0. The first-order chi connectivity index (χ1) is 9.31. The molecule has 1 heterocycles. The second kappa shape index (κ2) is 7.62. The molecule has 3 nitrogen and oxygen atoms in total. The van der Waals surface area contributed by atoms with Gasteiger partial charge in [0.1, 0.15) is 0 Å². The van der Waals surface area contributed by atoms with Crippen molar-refractivity contribution in [1.29, 1.82) is 0 Å². The van der Waals surface area contributed by atoms with Crippen molar-refractivity contribution in [1.82, 2.24) is 4.90 Å². The van der Waals surface area contributed by atoms with Crippen LogP contribution in [0.25, 0.3) is 5.70 Å². The summed E-state index contributed by atoms with van der Waals surface area (Å²) < 4.78 is 11.8. The zero-order valence-electron chi connectivity index (χ0n) is 11.2. The van der Waals surface area contributed by atoms with Gasteiger partial charge in [0.25, 0.3) is 0 Å². The van der Waals surface area contributed by atoms with Crippen LogP contribution in [0.15, 0.2) is 36.4 Å².